The molecule has 1 amide bonds. The summed E-state index contributed by atoms with van der Waals surface area (Å²) >= 11 is 6.00. The summed E-state index contributed by atoms with van der Waals surface area (Å²) in [6.45, 7) is 2.55. The third kappa shape index (κ3) is 6.19. The van der Waals surface area contributed by atoms with Crippen molar-refractivity contribution in [3.8, 4) is 5.75 Å². The maximum absolute atomic E-state index is 13.8. The lowest BCUT2D eigenvalue weighted by molar-refractivity contribution is -0.116. The highest BCUT2D eigenvalue weighted by Crippen LogP contribution is 2.22. The Labute approximate surface area is 174 Å². The summed E-state index contributed by atoms with van der Waals surface area (Å²) in [6, 6.07) is 19.7. The Balaban J connectivity index is 1.50. The van der Waals surface area contributed by atoms with Gasteiger partial charge in [0.2, 0.25) is 5.91 Å². The number of hydrogen-bond donors (Lipinski definition) is 1. The second kappa shape index (κ2) is 9.89. The van der Waals surface area contributed by atoms with E-state index in [9.17, 15) is 9.18 Å². The Hall–Kier alpha value is -3.11. The predicted octanol–water partition coefficient (Wildman–Crippen LogP) is 5.70. The van der Waals surface area contributed by atoms with Crippen molar-refractivity contribution in [2.45, 2.75) is 20.1 Å². The van der Waals surface area contributed by atoms with Gasteiger partial charge >= 0.3 is 0 Å². The van der Waals surface area contributed by atoms with Crippen molar-refractivity contribution in [3.05, 3.63) is 106 Å². The Morgan fingerprint density at radius 3 is 2.48 bits per heavy atom. The Bertz CT molecular complexity index is 978. The second-order valence-corrected chi connectivity index (χ2v) is 7.00. The molecule has 0 aliphatic carbocycles. The van der Waals surface area contributed by atoms with Crippen molar-refractivity contribution >= 4 is 23.6 Å². The van der Waals surface area contributed by atoms with Crippen LogP contribution in [0.15, 0.2) is 72.8 Å². The monoisotopic (exact) mass is 409 g/mol. The van der Waals surface area contributed by atoms with Gasteiger partial charge in [-0.1, -0.05) is 59.6 Å². The average molecular weight is 410 g/mol. The van der Waals surface area contributed by atoms with Crippen LogP contribution in [0.5, 0.6) is 5.75 Å². The van der Waals surface area contributed by atoms with E-state index in [2.05, 4.69) is 5.32 Å². The zero-order chi connectivity index (χ0) is 20.6. The van der Waals surface area contributed by atoms with Gasteiger partial charge in [-0.2, -0.15) is 0 Å². The van der Waals surface area contributed by atoms with Crippen molar-refractivity contribution in [2.75, 3.05) is 0 Å². The van der Waals surface area contributed by atoms with E-state index in [1.807, 2.05) is 43.3 Å². The first-order valence-corrected chi connectivity index (χ1v) is 9.56. The Morgan fingerprint density at radius 1 is 1.07 bits per heavy atom. The molecule has 0 saturated heterocycles. The molecule has 0 aliphatic rings. The summed E-state index contributed by atoms with van der Waals surface area (Å²) in [4.78, 5) is 12.0. The number of nitrogens with one attached hydrogen (secondary N) is 1. The number of halogens is 2. The molecule has 3 rings (SSSR count). The van der Waals surface area contributed by atoms with Crippen LogP contribution in [0.1, 0.15) is 22.3 Å². The SMILES string of the molecule is Cc1ccc(CNC(=O)C=Cc2ccc(OCc3c(F)cccc3Cl)cc2)cc1. The van der Waals surface area contributed by atoms with Crippen molar-refractivity contribution in [1.82, 2.24) is 5.32 Å². The molecule has 5 heteroatoms. The highest BCUT2D eigenvalue weighted by molar-refractivity contribution is 6.31. The molecule has 0 fully saturated rings. The van der Waals surface area contributed by atoms with Crippen molar-refractivity contribution in [1.29, 1.82) is 0 Å². The number of hydrogen-bond acceptors (Lipinski definition) is 2. The van der Waals surface area contributed by atoms with Gasteiger partial charge in [0.1, 0.15) is 18.2 Å². The summed E-state index contributed by atoms with van der Waals surface area (Å²) in [6.07, 6.45) is 3.21. The summed E-state index contributed by atoms with van der Waals surface area (Å²) in [7, 11) is 0. The predicted molar refractivity (Wildman–Crippen MR) is 114 cm³/mol. The highest BCUT2D eigenvalue weighted by atomic mass is 35.5. The minimum Gasteiger partial charge on any atom is -0.489 e. The summed E-state index contributed by atoms with van der Waals surface area (Å²) in [5.41, 5.74) is 3.41. The fourth-order valence-electron chi connectivity index (χ4n) is 2.63. The van der Waals surface area contributed by atoms with Crippen LogP contribution in [0.4, 0.5) is 4.39 Å². The van der Waals surface area contributed by atoms with Crippen LogP contribution in [-0.2, 0) is 17.9 Å². The van der Waals surface area contributed by atoms with E-state index in [0.717, 1.165) is 11.1 Å². The maximum atomic E-state index is 13.8. The largest absolute Gasteiger partial charge is 0.489 e. The molecule has 0 bridgehead atoms. The van der Waals surface area contributed by atoms with Gasteiger partial charge in [-0.15, -0.1) is 0 Å². The van der Waals surface area contributed by atoms with Crippen LogP contribution in [0, 0.1) is 12.7 Å². The van der Waals surface area contributed by atoms with Crippen molar-refractivity contribution in [2.24, 2.45) is 0 Å². The van der Waals surface area contributed by atoms with Crippen LogP contribution >= 0.6 is 11.6 Å². The van der Waals surface area contributed by atoms with Gasteiger partial charge in [-0.25, -0.2) is 4.39 Å². The molecular formula is C24H21ClFNO2. The summed E-state index contributed by atoms with van der Waals surface area (Å²) < 4.78 is 19.4. The van der Waals surface area contributed by atoms with E-state index in [4.69, 9.17) is 16.3 Å². The number of carbonyl (C=O) groups is 1. The number of rotatable bonds is 7. The first-order valence-electron chi connectivity index (χ1n) is 9.18. The zero-order valence-corrected chi connectivity index (χ0v) is 16.7. The minimum absolute atomic E-state index is 0.0438. The number of amides is 1. The molecule has 0 unspecified atom stereocenters. The average Bonchev–Trinajstić information content (AvgIpc) is 2.72. The lowest BCUT2D eigenvalue weighted by Crippen LogP contribution is -2.20. The summed E-state index contributed by atoms with van der Waals surface area (Å²) in [5, 5.41) is 3.19. The Morgan fingerprint density at radius 2 is 1.79 bits per heavy atom. The van der Waals surface area contributed by atoms with E-state index in [0.29, 0.717) is 22.9 Å². The molecule has 29 heavy (non-hydrogen) atoms. The van der Waals surface area contributed by atoms with Crippen LogP contribution in [0.25, 0.3) is 6.08 Å². The maximum Gasteiger partial charge on any atom is 0.244 e. The molecule has 148 valence electrons. The fourth-order valence-corrected chi connectivity index (χ4v) is 2.84. The van der Waals surface area contributed by atoms with Crippen molar-refractivity contribution in [3.63, 3.8) is 0 Å². The third-order valence-corrected chi connectivity index (χ3v) is 4.69. The standard InChI is InChI=1S/C24H21ClFNO2/c1-17-5-7-19(8-6-17)15-27-24(28)14-11-18-9-12-20(13-10-18)29-16-21-22(25)3-2-4-23(21)26/h2-14H,15-16H2,1H3,(H,27,28). The zero-order valence-electron chi connectivity index (χ0n) is 16.0. The van der Waals surface area contributed by atoms with Gasteiger partial charge in [0.15, 0.2) is 0 Å². The molecule has 0 atom stereocenters. The number of aryl methyl sites for hydroxylation is 1. The van der Waals surface area contributed by atoms with Gasteiger partial charge in [0, 0.05) is 18.2 Å². The Kier molecular flexibility index (Phi) is 7.04. The topological polar surface area (TPSA) is 38.3 Å². The van der Waals surface area contributed by atoms with Gasteiger partial charge < -0.3 is 10.1 Å². The van der Waals surface area contributed by atoms with E-state index in [1.165, 1.54) is 17.7 Å². The summed E-state index contributed by atoms with van der Waals surface area (Å²) in [5.74, 6) is 0.0269. The van der Waals surface area contributed by atoms with E-state index in [1.54, 1.807) is 30.3 Å². The van der Waals surface area contributed by atoms with Crippen molar-refractivity contribution < 1.29 is 13.9 Å². The first kappa shape index (κ1) is 20.6. The van der Waals surface area contributed by atoms with Gasteiger partial charge in [-0.3, -0.25) is 4.79 Å². The molecule has 0 aliphatic heterocycles. The molecule has 0 spiro atoms. The molecular weight excluding hydrogens is 389 g/mol. The second-order valence-electron chi connectivity index (χ2n) is 6.59. The normalized spacial score (nSPS) is 10.9. The fraction of sp³-hybridized carbons (Fsp3) is 0.125. The molecule has 0 saturated carbocycles. The lowest BCUT2D eigenvalue weighted by Gasteiger charge is -2.09. The highest BCUT2D eigenvalue weighted by Gasteiger charge is 2.07. The molecule has 0 radical (unpaired) electrons. The van der Waals surface area contributed by atoms with E-state index in [-0.39, 0.29) is 12.5 Å². The lowest BCUT2D eigenvalue weighted by atomic mass is 10.1. The van der Waals surface area contributed by atoms with Crippen LogP contribution in [0.2, 0.25) is 5.02 Å². The van der Waals surface area contributed by atoms with Gasteiger partial charge in [0.05, 0.1) is 5.02 Å². The smallest absolute Gasteiger partial charge is 0.244 e. The van der Waals surface area contributed by atoms with E-state index < -0.39 is 5.82 Å². The molecule has 1 N–H and O–H groups in total. The molecule has 3 aromatic rings. The van der Waals surface area contributed by atoms with Crippen LogP contribution in [0.3, 0.4) is 0 Å². The molecule has 0 aromatic heterocycles. The first-order chi connectivity index (χ1) is 14.0. The number of benzene rings is 3. The molecule has 3 nitrogen and oxygen atoms in total. The molecule has 3 aromatic carbocycles. The quantitative estimate of drug-likeness (QED) is 0.508. The number of ether oxygens (including phenoxy) is 1. The van der Waals surface area contributed by atoms with Crippen LogP contribution < -0.4 is 10.1 Å². The van der Waals surface area contributed by atoms with Gasteiger partial charge in [-0.05, 0) is 48.4 Å². The van der Waals surface area contributed by atoms with Crippen LogP contribution in [-0.4, -0.2) is 5.91 Å². The number of carbonyl (C=O) groups excluding carboxylic acids is 1. The van der Waals surface area contributed by atoms with E-state index >= 15 is 0 Å². The minimum atomic E-state index is -0.395. The van der Waals surface area contributed by atoms with Gasteiger partial charge in [0.25, 0.3) is 0 Å². The molecule has 0 heterocycles. The third-order valence-electron chi connectivity index (χ3n) is 4.34.